The van der Waals surface area contributed by atoms with Crippen LogP contribution in [-0.4, -0.2) is 40.4 Å². The summed E-state index contributed by atoms with van der Waals surface area (Å²) in [5, 5.41) is 18.4. The Morgan fingerprint density at radius 2 is 2.13 bits per heavy atom. The van der Waals surface area contributed by atoms with E-state index in [1.54, 1.807) is 0 Å². The van der Waals surface area contributed by atoms with E-state index < -0.39 is 12.2 Å². The molecule has 0 aromatic rings. The fourth-order valence-electron chi connectivity index (χ4n) is 2.04. The molecule has 0 saturated carbocycles. The van der Waals surface area contributed by atoms with E-state index in [4.69, 9.17) is 5.11 Å². The quantitative estimate of drug-likeness (QED) is 0.655. The lowest BCUT2D eigenvalue weighted by molar-refractivity contribution is -0.141. The third-order valence-corrected chi connectivity index (χ3v) is 3.02. The van der Waals surface area contributed by atoms with Crippen molar-refractivity contribution in [2.45, 2.75) is 45.3 Å². The van der Waals surface area contributed by atoms with Crippen LogP contribution in [0.5, 0.6) is 0 Å². The van der Waals surface area contributed by atoms with Gasteiger partial charge in [0.2, 0.25) is 0 Å². The molecule has 1 saturated heterocycles. The molecule has 1 heterocycles. The molecular weight excluding hydrogens is 194 g/mol. The van der Waals surface area contributed by atoms with Gasteiger partial charge >= 0.3 is 5.97 Å². The lowest BCUT2D eigenvalue weighted by atomic mass is 10.1. The molecule has 4 nitrogen and oxygen atoms in total. The third kappa shape index (κ3) is 3.80. The monoisotopic (exact) mass is 215 g/mol. The summed E-state index contributed by atoms with van der Waals surface area (Å²) >= 11 is 0. The zero-order valence-corrected chi connectivity index (χ0v) is 9.35. The summed E-state index contributed by atoms with van der Waals surface area (Å²) in [4.78, 5) is 12.6. The van der Waals surface area contributed by atoms with Gasteiger partial charge in [-0.15, -0.1) is 0 Å². The van der Waals surface area contributed by atoms with E-state index in [0.29, 0.717) is 13.0 Å². The Labute approximate surface area is 90.9 Å². The molecule has 88 valence electrons. The molecule has 0 radical (unpaired) electrons. The van der Waals surface area contributed by atoms with Crippen molar-refractivity contribution in [1.29, 1.82) is 0 Å². The molecule has 0 amide bonds. The summed E-state index contributed by atoms with van der Waals surface area (Å²) in [6.45, 7) is 3.48. The molecule has 0 aromatic carbocycles. The highest BCUT2D eigenvalue weighted by Gasteiger charge is 2.34. The van der Waals surface area contributed by atoms with Crippen molar-refractivity contribution in [2.24, 2.45) is 5.92 Å². The molecular formula is C11H21NO3. The number of rotatable bonds is 6. The lowest BCUT2D eigenvalue weighted by Gasteiger charge is -2.19. The first kappa shape index (κ1) is 12.5. The van der Waals surface area contributed by atoms with Gasteiger partial charge in [-0.1, -0.05) is 26.2 Å². The van der Waals surface area contributed by atoms with Crippen molar-refractivity contribution in [2.75, 3.05) is 13.1 Å². The van der Waals surface area contributed by atoms with Crippen molar-refractivity contribution in [3.63, 3.8) is 0 Å². The normalized spacial score (nSPS) is 27.1. The van der Waals surface area contributed by atoms with Gasteiger partial charge in [-0.25, -0.2) is 0 Å². The Morgan fingerprint density at radius 1 is 1.40 bits per heavy atom. The maximum Gasteiger partial charge on any atom is 0.307 e. The molecule has 1 aliphatic heterocycles. The summed E-state index contributed by atoms with van der Waals surface area (Å²) in [5.74, 6) is -1.17. The molecule has 1 aliphatic rings. The van der Waals surface area contributed by atoms with E-state index in [-0.39, 0.29) is 5.92 Å². The van der Waals surface area contributed by atoms with Gasteiger partial charge in [-0.05, 0) is 6.42 Å². The summed E-state index contributed by atoms with van der Waals surface area (Å²) in [6.07, 6.45) is 4.46. The van der Waals surface area contributed by atoms with Gasteiger partial charge in [-0.2, -0.15) is 0 Å². The number of aliphatic hydroxyl groups is 1. The molecule has 2 N–H and O–H groups in total. The molecule has 0 aromatic heterocycles. The number of hydrogen-bond donors (Lipinski definition) is 2. The Kier molecular flexibility index (Phi) is 5.05. The van der Waals surface area contributed by atoms with Gasteiger partial charge in [0, 0.05) is 19.5 Å². The smallest absolute Gasteiger partial charge is 0.307 e. The van der Waals surface area contributed by atoms with E-state index in [2.05, 4.69) is 6.92 Å². The van der Waals surface area contributed by atoms with Gasteiger partial charge in [0.1, 0.15) is 6.23 Å². The number of likely N-dealkylation sites (tertiary alicyclic amines) is 1. The first-order valence-electron chi connectivity index (χ1n) is 5.80. The van der Waals surface area contributed by atoms with Crippen LogP contribution >= 0.6 is 0 Å². The second-order valence-electron chi connectivity index (χ2n) is 4.31. The highest BCUT2D eigenvalue weighted by Crippen LogP contribution is 2.22. The molecule has 15 heavy (non-hydrogen) atoms. The second-order valence-corrected chi connectivity index (χ2v) is 4.31. The van der Waals surface area contributed by atoms with Gasteiger partial charge in [-0.3, -0.25) is 9.69 Å². The first-order chi connectivity index (χ1) is 7.15. The molecule has 1 fully saturated rings. The van der Waals surface area contributed by atoms with Crippen LogP contribution < -0.4 is 0 Å². The van der Waals surface area contributed by atoms with Crippen LogP contribution in [0, 0.1) is 5.92 Å². The molecule has 1 rings (SSSR count). The Balaban J connectivity index is 2.22. The Morgan fingerprint density at radius 3 is 2.67 bits per heavy atom. The molecule has 2 unspecified atom stereocenters. The predicted molar refractivity (Wildman–Crippen MR) is 57.5 cm³/mol. The molecule has 4 heteroatoms. The van der Waals surface area contributed by atoms with Crippen LogP contribution in [-0.2, 0) is 4.79 Å². The number of carbonyl (C=O) groups is 1. The van der Waals surface area contributed by atoms with Gasteiger partial charge in [0.25, 0.3) is 0 Å². The average Bonchev–Trinajstić information content (AvgIpc) is 2.55. The van der Waals surface area contributed by atoms with Crippen molar-refractivity contribution >= 4 is 5.97 Å². The van der Waals surface area contributed by atoms with Crippen molar-refractivity contribution in [3.8, 4) is 0 Å². The number of carboxylic acids is 1. The minimum Gasteiger partial charge on any atom is -0.481 e. The number of aliphatic hydroxyl groups excluding tert-OH is 1. The Hall–Kier alpha value is -0.610. The highest BCUT2D eigenvalue weighted by molar-refractivity contribution is 5.70. The van der Waals surface area contributed by atoms with Gasteiger partial charge in [0.05, 0.1) is 5.92 Å². The molecule has 2 atom stereocenters. The fourth-order valence-corrected chi connectivity index (χ4v) is 2.04. The fraction of sp³-hybridized carbons (Fsp3) is 0.909. The van der Waals surface area contributed by atoms with Crippen molar-refractivity contribution in [1.82, 2.24) is 4.90 Å². The van der Waals surface area contributed by atoms with Crippen molar-refractivity contribution < 1.29 is 15.0 Å². The average molecular weight is 215 g/mol. The zero-order chi connectivity index (χ0) is 11.3. The minimum absolute atomic E-state index is 0.378. The largest absolute Gasteiger partial charge is 0.481 e. The highest BCUT2D eigenvalue weighted by atomic mass is 16.4. The number of nitrogens with zero attached hydrogens (tertiary/aromatic N) is 1. The maximum atomic E-state index is 10.7. The van der Waals surface area contributed by atoms with E-state index in [9.17, 15) is 9.90 Å². The standard InChI is InChI=1S/C11H21NO3/c1-2-3-4-5-6-12-8-9(11(14)15)7-10(12)13/h9-10,13H,2-8H2,1H3,(H,14,15). The zero-order valence-electron chi connectivity index (χ0n) is 9.35. The van der Waals surface area contributed by atoms with Crippen LogP contribution in [0.2, 0.25) is 0 Å². The van der Waals surface area contributed by atoms with Crippen molar-refractivity contribution in [3.05, 3.63) is 0 Å². The molecule has 0 spiro atoms. The van der Waals surface area contributed by atoms with Crippen LogP contribution in [0.15, 0.2) is 0 Å². The summed E-state index contributed by atoms with van der Waals surface area (Å²) in [5.41, 5.74) is 0. The first-order valence-corrected chi connectivity index (χ1v) is 5.80. The number of aliphatic carboxylic acids is 1. The third-order valence-electron chi connectivity index (χ3n) is 3.02. The van der Waals surface area contributed by atoms with E-state index in [0.717, 1.165) is 19.4 Å². The minimum atomic E-state index is -0.787. The summed E-state index contributed by atoms with van der Waals surface area (Å²) < 4.78 is 0. The molecule has 0 bridgehead atoms. The van der Waals surface area contributed by atoms with Crippen LogP contribution in [0.3, 0.4) is 0 Å². The van der Waals surface area contributed by atoms with E-state index in [1.165, 1.54) is 12.8 Å². The maximum absolute atomic E-state index is 10.7. The van der Waals surface area contributed by atoms with Gasteiger partial charge in [0.15, 0.2) is 0 Å². The Bertz CT molecular complexity index is 208. The number of carboxylic acid groups (broad SMARTS) is 1. The van der Waals surface area contributed by atoms with E-state index >= 15 is 0 Å². The predicted octanol–water partition coefficient (Wildman–Crippen LogP) is 1.29. The van der Waals surface area contributed by atoms with E-state index in [1.807, 2.05) is 4.90 Å². The van der Waals surface area contributed by atoms with Gasteiger partial charge < -0.3 is 10.2 Å². The van der Waals surface area contributed by atoms with Crippen LogP contribution in [0.4, 0.5) is 0 Å². The second kappa shape index (κ2) is 6.08. The van der Waals surface area contributed by atoms with Crippen LogP contribution in [0.25, 0.3) is 0 Å². The summed E-state index contributed by atoms with van der Waals surface area (Å²) in [6, 6.07) is 0. The SMILES string of the molecule is CCCCCCN1CC(C(=O)O)CC1O. The van der Waals surface area contributed by atoms with Crippen LogP contribution in [0.1, 0.15) is 39.0 Å². The topological polar surface area (TPSA) is 60.8 Å². The number of hydrogen-bond acceptors (Lipinski definition) is 3. The number of unbranched alkanes of at least 4 members (excludes halogenated alkanes) is 3. The lowest BCUT2D eigenvalue weighted by Crippen LogP contribution is -2.30. The molecule has 0 aliphatic carbocycles. The summed E-state index contributed by atoms with van der Waals surface area (Å²) in [7, 11) is 0.